The molecule has 8 nitrogen and oxygen atoms in total. The minimum atomic E-state index is -0.402. The summed E-state index contributed by atoms with van der Waals surface area (Å²) in [5, 5.41) is 6.62. The first-order chi connectivity index (χ1) is 15.0. The van der Waals surface area contributed by atoms with Crippen molar-refractivity contribution in [3.05, 3.63) is 71.1 Å². The van der Waals surface area contributed by atoms with Crippen molar-refractivity contribution in [2.75, 3.05) is 17.7 Å². The Morgan fingerprint density at radius 1 is 1.13 bits per heavy atom. The summed E-state index contributed by atoms with van der Waals surface area (Å²) in [7, 11) is 3.14. The number of halogens is 2. The number of nitrogens with zero attached hydrogens (tertiary/aromatic N) is 3. The molecule has 0 aliphatic rings. The summed E-state index contributed by atoms with van der Waals surface area (Å²) in [6, 6.07) is 13.0. The number of fused-ring (bicyclic) bond motifs is 1. The highest BCUT2D eigenvalue weighted by Gasteiger charge is 2.14. The van der Waals surface area contributed by atoms with Crippen molar-refractivity contribution >= 4 is 51.7 Å². The molecule has 1 amide bonds. The van der Waals surface area contributed by atoms with E-state index in [9.17, 15) is 9.18 Å². The van der Waals surface area contributed by atoms with E-state index in [1.165, 1.54) is 25.4 Å². The number of hydrogen-bond donors (Lipinski definition) is 3. The summed E-state index contributed by atoms with van der Waals surface area (Å²) in [6.45, 7) is 0. The van der Waals surface area contributed by atoms with Gasteiger partial charge in [-0.15, -0.1) is 0 Å². The zero-order chi connectivity index (χ0) is 22.0. The number of hydrogen-bond acceptors (Lipinski definition) is 6. The molecule has 0 saturated carbocycles. The molecular formula is C21H18ClFN6O2. The van der Waals surface area contributed by atoms with E-state index < -0.39 is 5.91 Å². The Labute approximate surface area is 182 Å². The number of aryl methyl sites for hydroxylation is 1. The highest BCUT2D eigenvalue weighted by molar-refractivity contribution is 6.33. The van der Waals surface area contributed by atoms with Crippen LogP contribution in [0.1, 0.15) is 10.4 Å². The molecule has 4 rings (SSSR count). The maximum Gasteiger partial charge on any atom is 0.276 e. The minimum absolute atomic E-state index is 0.339. The number of carbonyl (C=O) groups is 1. The summed E-state index contributed by atoms with van der Waals surface area (Å²) < 4.78 is 15.3. The zero-order valence-corrected chi connectivity index (χ0v) is 17.4. The molecule has 0 aliphatic carbocycles. The molecule has 2 aromatic heterocycles. The average molecular weight is 441 g/mol. The molecule has 0 atom stereocenters. The zero-order valence-electron chi connectivity index (χ0n) is 16.6. The number of hydroxylamine groups is 1. The van der Waals surface area contributed by atoms with Crippen LogP contribution in [-0.2, 0) is 11.9 Å². The Balaban J connectivity index is 1.63. The average Bonchev–Trinajstić information content (AvgIpc) is 3.06. The van der Waals surface area contributed by atoms with E-state index >= 15 is 0 Å². The number of rotatable bonds is 6. The van der Waals surface area contributed by atoms with Crippen LogP contribution in [0.25, 0.3) is 11.0 Å². The first kappa shape index (κ1) is 20.6. The Hall–Kier alpha value is -3.69. The molecule has 158 valence electrons. The first-order valence-corrected chi connectivity index (χ1v) is 9.58. The largest absolute Gasteiger partial charge is 0.353 e. The van der Waals surface area contributed by atoms with Gasteiger partial charge in [-0.3, -0.25) is 9.63 Å². The smallest absolute Gasteiger partial charge is 0.276 e. The van der Waals surface area contributed by atoms with Crippen LogP contribution < -0.4 is 16.1 Å². The number of pyridine rings is 1. The van der Waals surface area contributed by atoms with Gasteiger partial charge in [0.1, 0.15) is 11.6 Å². The van der Waals surface area contributed by atoms with Gasteiger partial charge in [-0.05, 0) is 30.3 Å². The van der Waals surface area contributed by atoms with Crippen LogP contribution in [0.3, 0.4) is 0 Å². The third-order valence-corrected chi connectivity index (χ3v) is 4.88. The van der Waals surface area contributed by atoms with Crippen LogP contribution in [0.15, 0.2) is 54.7 Å². The van der Waals surface area contributed by atoms with Crippen molar-refractivity contribution in [3.63, 3.8) is 0 Å². The number of nitrogens with one attached hydrogen (secondary N) is 3. The quantitative estimate of drug-likeness (QED) is 0.381. The van der Waals surface area contributed by atoms with Crippen LogP contribution >= 0.6 is 11.6 Å². The van der Waals surface area contributed by atoms with E-state index in [2.05, 4.69) is 26.1 Å². The van der Waals surface area contributed by atoms with Gasteiger partial charge in [0.25, 0.3) is 5.91 Å². The van der Waals surface area contributed by atoms with E-state index in [0.717, 1.165) is 0 Å². The predicted molar refractivity (Wildman–Crippen MR) is 117 cm³/mol. The van der Waals surface area contributed by atoms with E-state index in [4.69, 9.17) is 16.4 Å². The van der Waals surface area contributed by atoms with Gasteiger partial charge in [0.05, 0.1) is 46.3 Å². The third kappa shape index (κ3) is 4.27. The lowest BCUT2D eigenvalue weighted by molar-refractivity contribution is 0.0538. The fourth-order valence-corrected chi connectivity index (χ4v) is 3.23. The number of benzene rings is 2. The number of imidazole rings is 1. The molecule has 0 unspecified atom stereocenters. The molecule has 0 aliphatic heterocycles. The van der Waals surface area contributed by atoms with Crippen LogP contribution in [-0.4, -0.2) is 27.6 Å². The fraction of sp³-hybridized carbons (Fsp3) is 0.0952. The molecule has 3 N–H and O–H groups in total. The van der Waals surface area contributed by atoms with Crippen molar-refractivity contribution in [1.82, 2.24) is 20.0 Å². The van der Waals surface area contributed by atoms with E-state index in [1.807, 2.05) is 0 Å². The summed E-state index contributed by atoms with van der Waals surface area (Å²) in [5.41, 5.74) is 5.04. The van der Waals surface area contributed by atoms with Gasteiger partial charge in [-0.25, -0.2) is 19.8 Å². The molecule has 2 heterocycles. The van der Waals surface area contributed by atoms with Crippen LogP contribution in [0, 0.1) is 5.82 Å². The Morgan fingerprint density at radius 2 is 1.94 bits per heavy atom. The highest BCUT2D eigenvalue weighted by Crippen LogP contribution is 2.30. The van der Waals surface area contributed by atoms with Gasteiger partial charge in [0.15, 0.2) is 0 Å². The number of aromatic nitrogens is 3. The van der Waals surface area contributed by atoms with E-state index in [1.54, 1.807) is 48.0 Å². The molecule has 0 spiro atoms. The van der Waals surface area contributed by atoms with Gasteiger partial charge in [-0.1, -0.05) is 23.7 Å². The van der Waals surface area contributed by atoms with Gasteiger partial charge in [0.2, 0.25) is 5.95 Å². The molecule has 2 aromatic carbocycles. The maximum atomic E-state index is 13.6. The van der Waals surface area contributed by atoms with Crippen molar-refractivity contribution < 1.29 is 14.0 Å². The van der Waals surface area contributed by atoms with Crippen molar-refractivity contribution in [1.29, 1.82) is 0 Å². The molecule has 0 radical (unpaired) electrons. The lowest BCUT2D eigenvalue weighted by Gasteiger charge is -2.14. The molecule has 0 saturated heterocycles. The maximum absolute atomic E-state index is 13.6. The Kier molecular flexibility index (Phi) is 5.70. The highest BCUT2D eigenvalue weighted by atomic mass is 35.5. The second kappa shape index (κ2) is 8.58. The lowest BCUT2D eigenvalue weighted by atomic mass is 10.1. The van der Waals surface area contributed by atoms with Crippen molar-refractivity contribution in [3.8, 4) is 0 Å². The van der Waals surface area contributed by atoms with Gasteiger partial charge < -0.3 is 15.2 Å². The van der Waals surface area contributed by atoms with Crippen molar-refractivity contribution in [2.45, 2.75) is 0 Å². The van der Waals surface area contributed by atoms with Crippen LogP contribution in [0.2, 0.25) is 5.02 Å². The van der Waals surface area contributed by atoms with Gasteiger partial charge >= 0.3 is 0 Å². The minimum Gasteiger partial charge on any atom is -0.353 e. The van der Waals surface area contributed by atoms with Gasteiger partial charge in [-0.2, -0.15) is 0 Å². The molecule has 0 bridgehead atoms. The molecule has 0 fully saturated rings. The Bertz CT molecular complexity index is 1280. The summed E-state index contributed by atoms with van der Waals surface area (Å²) in [5.74, 6) is 0.209. The van der Waals surface area contributed by atoms with Gasteiger partial charge in [0, 0.05) is 13.1 Å². The summed E-state index contributed by atoms with van der Waals surface area (Å²) in [4.78, 5) is 25.7. The molecule has 4 aromatic rings. The summed E-state index contributed by atoms with van der Waals surface area (Å²) >= 11 is 6.31. The van der Waals surface area contributed by atoms with Crippen LogP contribution in [0.4, 0.5) is 27.5 Å². The predicted octanol–water partition coefficient (Wildman–Crippen LogP) is 4.54. The standard InChI is InChI=1S/C21H18ClFN6O2/c1-29-18-9-12(23)7-8-16(18)26-21(29)27-19-10-17(14(22)11-24-19)25-15-6-4-3-5-13(15)20(30)28-31-2/h3-11H,1-2H3,(H,28,30)(H2,24,25,26,27). The normalized spacial score (nSPS) is 10.8. The third-order valence-electron chi connectivity index (χ3n) is 4.57. The molecule has 10 heteroatoms. The topological polar surface area (TPSA) is 93.1 Å². The summed E-state index contributed by atoms with van der Waals surface area (Å²) in [6.07, 6.45) is 1.48. The molecular weight excluding hydrogens is 423 g/mol. The number of para-hydroxylation sites is 1. The SMILES string of the molecule is CONC(=O)c1ccccc1Nc1cc(Nc2nc3ccc(F)cc3n2C)ncc1Cl. The lowest BCUT2D eigenvalue weighted by Crippen LogP contribution is -2.22. The van der Waals surface area contributed by atoms with Crippen molar-refractivity contribution in [2.24, 2.45) is 7.05 Å². The first-order valence-electron chi connectivity index (χ1n) is 9.20. The number of carbonyl (C=O) groups excluding carboxylic acids is 1. The number of anilines is 4. The number of amides is 1. The van der Waals surface area contributed by atoms with E-state index in [-0.39, 0.29) is 5.82 Å². The monoisotopic (exact) mass is 440 g/mol. The molecule has 31 heavy (non-hydrogen) atoms. The fourth-order valence-electron chi connectivity index (χ4n) is 3.08. The Morgan fingerprint density at radius 3 is 2.74 bits per heavy atom. The van der Waals surface area contributed by atoms with Crippen LogP contribution in [0.5, 0.6) is 0 Å². The second-order valence-corrected chi connectivity index (χ2v) is 7.01. The second-order valence-electron chi connectivity index (χ2n) is 6.61. The van der Waals surface area contributed by atoms with E-state index in [0.29, 0.717) is 44.8 Å².